The lowest BCUT2D eigenvalue weighted by atomic mass is 10.2. The monoisotopic (exact) mass is 321 g/mol. The lowest BCUT2D eigenvalue weighted by molar-refractivity contribution is 0.0658. The van der Waals surface area contributed by atoms with Crippen LogP contribution >= 0.6 is 11.6 Å². The minimum Gasteiger partial charge on any atom is -0.394 e. The zero-order valence-electron chi connectivity index (χ0n) is 11.8. The Balaban J connectivity index is 1.83. The first-order valence-electron chi connectivity index (χ1n) is 7.00. The predicted octanol–water partition coefficient (Wildman–Crippen LogP) is 1.09. The van der Waals surface area contributed by atoms with E-state index in [4.69, 9.17) is 11.6 Å². The van der Waals surface area contributed by atoms with Gasteiger partial charge in [-0.2, -0.15) is 5.10 Å². The molecule has 22 heavy (non-hydrogen) atoms. The molecule has 0 unspecified atom stereocenters. The molecule has 1 aromatic carbocycles. The van der Waals surface area contributed by atoms with Crippen molar-refractivity contribution in [3.63, 3.8) is 0 Å². The van der Waals surface area contributed by atoms with Gasteiger partial charge in [-0.25, -0.2) is 4.68 Å². The second-order valence-corrected chi connectivity index (χ2v) is 5.75. The van der Waals surface area contributed by atoms with Crippen LogP contribution in [0.15, 0.2) is 36.5 Å². The first-order valence-corrected chi connectivity index (χ1v) is 7.38. The van der Waals surface area contributed by atoms with Gasteiger partial charge in [0, 0.05) is 17.8 Å². The first kappa shape index (κ1) is 15.0. The number of nitrogens with zero attached hydrogens (tertiary/aromatic N) is 3. The number of amides is 1. The van der Waals surface area contributed by atoms with Gasteiger partial charge in [0.1, 0.15) is 0 Å². The van der Waals surface area contributed by atoms with E-state index in [1.54, 1.807) is 35.1 Å². The lowest BCUT2D eigenvalue weighted by Crippen LogP contribution is -2.38. The average Bonchev–Trinajstić information content (AvgIpc) is 3.13. The van der Waals surface area contributed by atoms with E-state index >= 15 is 0 Å². The fourth-order valence-corrected chi connectivity index (χ4v) is 2.85. The van der Waals surface area contributed by atoms with Crippen LogP contribution in [0.1, 0.15) is 16.9 Å². The molecule has 6 nitrogen and oxygen atoms in total. The van der Waals surface area contributed by atoms with E-state index in [1.807, 2.05) is 6.07 Å². The van der Waals surface area contributed by atoms with Crippen molar-refractivity contribution in [2.75, 3.05) is 13.2 Å². The standard InChI is InChI=1S/C15H16ClN3O3/c16-10-2-1-3-11(6-10)19-5-4-14(17-19)15(22)18-8-13(21)7-12(18)9-20/h1-6,12-13,20-21H,7-9H2/t12-,13+/m0/s1. The number of rotatable bonds is 3. The van der Waals surface area contributed by atoms with E-state index in [0.29, 0.717) is 11.4 Å². The van der Waals surface area contributed by atoms with Gasteiger partial charge >= 0.3 is 0 Å². The molecular formula is C15H16ClN3O3. The summed E-state index contributed by atoms with van der Waals surface area (Å²) in [5.41, 5.74) is 1.03. The van der Waals surface area contributed by atoms with Crippen molar-refractivity contribution in [2.45, 2.75) is 18.6 Å². The minimum absolute atomic E-state index is 0.169. The molecule has 2 atom stereocenters. The van der Waals surface area contributed by atoms with Gasteiger partial charge in [0.2, 0.25) is 0 Å². The van der Waals surface area contributed by atoms with Gasteiger partial charge in [-0.3, -0.25) is 4.79 Å². The Morgan fingerprint density at radius 3 is 2.95 bits per heavy atom. The highest BCUT2D eigenvalue weighted by molar-refractivity contribution is 6.30. The Bertz CT molecular complexity index is 688. The molecule has 1 aliphatic heterocycles. The summed E-state index contributed by atoms with van der Waals surface area (Å²) in [6, 6.07) is 8.40. The number of carbonyl (C=O) groups is 1. The van der Waals surface area contributed by atoms with Crippen LogP contribution in [0.2, 0.25) is 5.02 Å². The first-order chi connectivity index (χ1) is 10.6. The number of halogens is 1. The van der Waals surface area contributed by atoms with Gasteiger partial charge in [0.15, 0.2) is 5.69 Å². The SMILES string of the molecule is O=C(c1ccn(-c2cccc(Cl)c2)n1)N1C[C@H](O)C[C@H]1CO. The molecule has 0 radical (unpaired) electrons. The second kappa shape index (κ2) is 6.08. The van der Waals surface area contributed by atoms with Crippen LogP contribution in [0.3, 0.4) is 0 Å². The fraction of sp³-hybridized carbons (Fsp3) is 0.333. The van der Waals surface area contributed by atoms with Crippen molar-refractivity contribution in [1.82, 2.24) is 14.7 Å². The molecule has 3 rings (SSSR count). The summed E-state index contributed by atoms with van der Waals surface area (Å²) in [5.74, 6) is -0.295. The molecule has 0 spiro atoms. The van der Waals surface area contributed by atoms with Crippen LogP contribution < -0.4 is 0 Å². The fourth-order valence-electron chi connectivity index (χ4n) is 2.66. The molecule has 1 saturated heterocycles. The van der Waals surface area contributed by atoms with E-state index in [1.165, 1.54) is 4.90 Å². The summed E-state index contributed by atoms with van der Waals surface area (Å²) in [5, 5.41) is 23.8. The van der Waals surface area contributed by atoms with E-state index in [0.717, 1.165) is 5.69 Å². The van der Waals surface area contributed by atoms with Crippen LogP contribution in [0.25, 0.3) is 5.69 Å². The number of aromatic nitrogens is 2. The number of hydrogen-bond acceptors (Lipinski definition) is 4. The van der Waals surface area contributed by atoms with Gasteiger partial charge in [0.25, 0.3) is 5.91 Å². The highest BCUT2D eigenvalue weighted by Crippen LogP contribution is 2.20. The van der Waals surface area contributed by atoms with Crippen molar-refractivity contribution >= 4 is 17.5 Å². The second-order valence-electron chi connectivity index (χ2n) is 5.31. The van der Waals surface area contributed by atoms with Crippen LogP contribution in [-0.2, 0) is 0 Å². The van der Waals surface area contributed by atoms with Crippen molar-refractivity contribution in [3.8, 4) is 5.69 Å². The maximum Gasteiger partial charge on any atom is 0.274 e. The molecule has 7 heteroatoms. The van der Waals surface area contributed by atoms with Crippen LogP contribution in [-0.4, -0.2) is 56.1 Å². The Labute approximate surface area is 132 Å². The summed E-state index contributed by atoms with van der Waals surface area (Å²) < 4.78 is 1.57. The molecule has 0 aliphatic carbocycles. The number of β-amino-alcohol motifs (C(OH)–C–C–N with tert-alkyl or cyclic N) is 1. The Morgan fingerprint density at radius 1 is 1.41 bits per heavy atom. The van der Waals surface area contributed by atoms with Crippen LogP contribution in [0.4, 0.5) is 0 Å². The number of benzene rings is 1. The maximum atomic E-state index is 12.5. The number of carbonyl (C=O) groups excluding carboxylic acids is 1. The maximum absolute atomic E-state index is 12.5. The van der Waals surface area contributed by atoms with E-state index in [2.05, 4.69) is 5.10 Å². The van der Waals surface area contributed by atoms with Crippen molar-refractivity contribution in [3.05, 3.63) is 47.2 Å². The lowest BCUT2D eigenvalue weighted by Gasteiger charge is -2.21. The van der Waals surface area contributed by atoms with Gasteiger partial charge in [-0.1, -0.05) is 17.7 Å². The summed E-state index contributed by atoms with van der Waals surface area (Å²) in [4.78, 5) is 13.9. The molecule has 1 aromatic heterocycles. The number of aliphatic hydroxyl groups excluding tert-OH is 2. The summed E-state index contributed by atoms with van der Waals surface area (Å²) in [6.07, 6.45) is 1.47. The van der Waals surface area contributed by atoms with Crippen molar-refractivity contribution in [2.24, 2.45) is 0 Å². The average molecular weight is 322 g/mol. The van der Waals surface area contributed by atoms with Gasteiger partial charge in [-0.15, -0.1) is 0 Å². The third kappa shape index (κ3) is 2.85. The van der Waals surface area contributed by atoms with E-state index < -0.39 is 6.10 Å². The molecule has 116 valence electrons. The van der Waals surface area contributed by atoms with Gasteiger partial charge in [-0.05, 0) is 30.7 Å². The summed E-state index contributed by atoms with van der Waals surface area (Å²) >= 11 is 5.95. The molecule has 2 aromatic rings. The number of hydrogen-bond donors (Lipinski definition) is 2. The quantitative estimate of drug-likeness (QED) is 0.887. The van der Waals surface area contributed by atoms with Crippen molar-refractivity contribution < 1.29 is 15.0 Å². The summed E-state index contributed by atoms with van der Waals surface area (Å²) in [6.45, 7) is 0.0475. The number of likely N-dealkylation sites (tertiary alicyclic amines) is 1. The van der Waals surface area contributed by atoms with Gasteiger partial charge < -0.3 is 15.1 Å². The largest absolute Gasteiger partial charge is 0.394 e. The zero-order chi connectivity index (χ0) is 15.7. The minimum atomic E-state index is -0.601. The highest BCUT2D eigenvalue weighted by Gasteiger charge is 2.35. The topological polar surface area (TPSA) is 78.6 Å². The highest BCUT2D eigenvalue weighted by atomic mass is 35.5. The van der Waals surface area contributed by atoms with E-state index in [-0.39, 0.29) is 30.8 Å². The van der Waals surface area contributed by atoms with E-state index in [9.17, 15) is 15.0 Å². The molecule has 1 fully saturated rings. The molecule has 1 amide bonds. The smallest absolute Gasteiger partial charge is 0.274 e. The molecule has 2 heterocycles. The molecule has 0 bridgehead atoms. The Hall–Kier alpha value is -1.89. The molecule has 1 aliphatic rings. The predicted molar refractivity (Wildman–Crippen MR) is 81.1 cm³/mol. The zero-order valence-corrected chi connectivity index (χ0v) is 12.5. The summed E-state index contributed by atoms with van der Waals surface area (Å²) in [7, 11) is 0. The van der Waals surface area contributed by atoms with Crippen LogP contribution in [0.5, 0.6) is 0 Å². The van der Waals surface area contributed by atoms with Crippen LogP contribution in [0, 0.1) is 0 Å². The third-order valence-corrected chi connectivity index (χ3v) is 3.98. The van der Waals surface area contributed by atoms with Gasteiger partial charge in [0.05, 0.1) is 24.4 Å². The Morgan fingerprint density at radius 2 is 2.23 bits per heavy atom. The van der Waals surface area contributed by atoms with Crippen molar-refractivity contribution in [1.29, 1.82) is 0 Å². The molecular weight excluding hydrogens is 306 g/mol. The Kier molecular flexibility index (Phi) is 4.15. The third-order valence-electron chi connectivity index (χ3n) is 3.74. The molecule has 0 saturated carbocycles. The molecule has 2 N–H and O–H groups in total. The normalized spacial score (nSPS) is 21.3. The number of aliphatic hydroxyl groups is 2.